The van der Waals surface area contributed by atoms with E-state index in [1.807, 2.05) is 76.2 Å². The van der Waals surface area contributed by atoms with Crippen LogP contribution in [0.1, 0.15) is 45.2 Å². The third-order valence-electron chi connectivity index (χ3n) is 5.02. The second-order valence-electron chi connectivity index (χ2n) is 8.88. The van der Waals surface area contributed by atoms with Crippen LogP contribution in [0, 0.1) is 0 Å². The molecule has 0 radical (unpaired) electrons. The van der Waals surface area contributed by atoms with Crippen molar-refractivity contribution in [1.29, 1.82) is 0 Å². The summed E-state index contributed by atoms with van der Waals surface area (Å²) in [6.07, 6.45) is 0.529. The molecule has 1 atom stereocenters. The Morgan fingerprint density at radius 3 is 2.24 bits per heavy atom. The third kappa shape index (κ3) is 8.65. The van der Waals surface area contributed by atoms with E-state index in [0.29, 0.717) is 18.7 Å². The molecule has 0 fully saturated rings. The van der Waals surface area contributed by atoms with Gasteiger partial charge in [0.1, 0.15) is 17.5 Å². The van der Waals surface area contributed by atoms with Crippen LogP contribution in [0.5, 0.6) is 11.5 Å². The highest BCUT2D eigenvalue weighted by Crippen LogP contribution is 2.21. The third-order valence-corrected chi connectivity index (χ3v) is 6.01. The summed E-state index contributed by atoms with van der Waals surface area (Å²) < 4.78 is 10.5. The summed E-state index contributed by atoms with van der Waals surface area (Å²) in [5.41, 5.74) is 1.66. The van der Waals surface area contributed by atoms with Crippen molar-refractivity contribution in [3.8, 4) is 11.5 Å². The SMILES string of the molecule is CC[C@H](C(=O)NC(C)(C)C)N(Cc1cccc(OC)c1)C(=O)CSCc1ccc(OC)cc1. The molecule has 6 nitrogen and oxygen atoms in total. The van der Waals surface area contributed by atoms with Crippen molar-refractivity contribution in [1.82, 2.24) is 10.2 Å². The molecule has 0 aliphatic carbocycles. The summed E-state index contributed by atoms with van der Waals surface area (Å²) in [5.74, 6) is 2.32. The van der Waals surface area contributed by atoms with E-state index in [0.717, 1.165) is 22.6 Å². The van der Waals surface area contributed by atoms with Crippen LogP contribution in [-0.2, 0) is 21.9 Å². The highest BCUT2D eigenvalue weighted by atomic mass is 32.2. The summed E-state index contributed by atoms with van der Waals surface area (Å²) in [5, 5.41) is 3.03. The van der Waals surface area contributed by atoms with E-state index in [1.165, 1.54) is 11.8 Å². The van der Waals surface area contributed by atoms with Crippen molar-refractivity contribution >= 4 is 23.6 Å². The average molecular weight is 473 g/mol. The van der Waals surface area contributed by atoms with Gasteiger partial charge in [0.15, 0.2) is 0 Å². The summed E-state index contributed by atoms with van der Waals surface area (Å²) in [4.78, 5) is 28.1. The second-order valence-corrected chi connectivity index (χ2v) is 9.86. The zero-order valence-corrected chi connectivity index (χ0v) is 21.3. The lowest BCUT2D eigenvalue weighted by Gasteiger charge is -2.33. The van der Waals surface area contributed by atoms with Crippen LogP contribution in [0.3, 0.4) is 0 Å². The maximum atomic E-state index is 13.3. The summed E-state index contributed by atoms with van der Waals surface area (Å²) >= 11 is 1.54. The van der Waals surface area contributed by atoms with Gasteiger partial charge in [0.2, 0.25) is 11.8 Å². The summed E-state index contributed by atoms with van der Waals surface area (Å²) in [6, 6.07) is 14.9. The minimum Gasteiger partial charge on any atom is -0.497 e. The number of carbonyl (C=O) groups excluding carboxylic acids is 2. The number of nitrogens with zero attached hydrogens (tertiary/aromatic N) is 1. The van der Waals surface area contributed by atoms with Gasteiger partial charge in [0.05, 0.1) is 20.0 Å². The number of hydrogen-bond donors (Lipinski definition) is 1. The number of hydrogen-bond acceptors (Lipinski definition) is 5. The van der Waals surface area contributed by atoms with Gasteiger partial charge in [-0.25, -0.2) is 0 Å². The Labute approximate surface area is 202 Å². The molecule has 2 aromatic rings. The number of nitrogens with one attached hydrogen (secondary N) is 1. The number of ether oxygens (including phenoxy) is 2. The van der Waals surface area contributed by atoms with E-state index in [4.69, 9.17) is 9.47 Å². The Bertz CT molecular complexity index is 909. The maximum absolute atomic E-state index is 13.3. The van der Waals surface area contributed by atoms with Gasteiger partial charge in [-0.3, -0.25) is 9.59 Å². The second kappa shape index (κ2) is 12.5. The molecular weight excluding hydrogens is 436 g/mol. The standard InChI is InChI=1S/C26H36N2O4S/c1-7-23(25(30)27-26(2,3)4)28(16-20-9-8-10-22(15-20)32-6)24(29)18-33-17-19-11-13-21(31-5)14-12-19/h8-15,23H,7,16-18H2,1-6H3,(H,27,30)/t23-/m1/s1. The molecular formula is C26H36N2O4S. The highest BCUT2D eigenvalue weighted by Gasteiger charge is 2.30. The maximum Gasteiger partial charge on any atom is 0.243 e. The van der Waals surface area contributed by atoms with Crippen LogP contribution in [0.4, 0.5) is 0 Å². The van der Waals surface area contributed by atoms with Gasteiger partial charge in [-0.15, -0.1) is 11.8 Å². The van der Waals surface area contributed by atoms with Crippen molar-refractivity contribution < 1.29 is 19.1 Å². The number of carbonyl (C=O) groups is 2. The summed E-state index contributed by atoms with van der Waals surface area (Å²) in [7, 11) is 3.25. The predicted octanol–water partition coefficient (Wildman–Crippen LogP) is 4.66. The number of amides is 2. The molecule has 2 aromatic carbocycles. The molecule has 180 valence electrons. The van der Waals surface area contributed by atoms with Gasteiger partial charge in [0.25, 0.3) is 0 Å². The van der Waals surface area contributed by atoms with E-state index >= 15 is 0 Å². The Morgan fingerprint density at radius 1 is 1.00 bits per heavy atom. The molecule has 33 heavy (non-hydrogen) atoms. The van der Waals surface area contributed by atoms with Crippen molar-refractivity contribution in [3.05, 3.63) is 59.7 Å². The van der Waals surface area contributed by atoms with Crippen LogP contribution >= 0.6 is 11.8 Å². The van der Waals surface area contributed by atoms with Crippen LogP contribution < -0.4 is 14.8 Å². The first-order chi connectivity index (χ1) is 15.7. The van der Waals surface area contributed by atoms with E-state index in [2.05, 4.69) is 5.32 Å². The fourth-order valence-corrected chi connectivity index (χ4v) is 4.27. The van der Waals surface area contributed by atoms with E-state index in [1.54, 1.807) is 19.1 Å². The molecule has 0 aromatic heterocycles. The molecule has 0 spiro atoms. The lowest BCUT2D eigenvalue weighted by molar-refractivity contribution is -0.140. The number of benzene rings is 2. The topological polar surface area (TPSA) is 67.9 Å². The number of rotatable bonds is 11. The van der Waals surface area contributed by atoms with Crippen LogP contribution in [-0.4, -0.2) is 48.3 Å². The molecule has 7 heteroatoms. The van der Waals surface area contributed by atoms with Gasteiger partial charge < -0.3 is 19.7 Å². The predicted molar refractivity (Wildman–Crippen MR) is 135 cm³/mol. The van der Waals surface area contributed by atoms with Crippen molar-refractivity contribution in [2.75, 3.05) is 20.0 Å². The van der Waals surface area contributed by atoms with Gasteiger partial charge in [-0.2, -0.15) is 0 Å². The number of methoxy groups -OCH3 is 2. The van der Waals surface area contributed by atoms with Gasteiger partial charge >= 0.3 is 0 Å². The van der Waals surface area contributed by atoms with Crippen LogP contribution in [0.2, 0.25) is 0 Å². The van der Waals surface area contributed by atoms with Gasteiger partial charge in [-0.1, -0.05) is 31.2 Å². The fraction of sp³-hybridized carbons (Fsp3) is 0.462. The monoisotopic (exact) mass is 472 g/mol. The van der Waals surface area contributed by atoms with Crippen molar-refractivity contribution in [2.24, 2.45) is 0 Å². The Balaban J connectivity index is 2.16. The molecule has 0 bridgehead atoms. The molecule has 2 rings (SSSR count). The van der Waals surface area contributed by atoms with E-state index in [9.17, 15) is 9.59 Å². The normalized spacial score (nSPS) is 12.1. The zero-order valence-electron chi connectivity index (χ0n) is 20.5. The first-order valence-electron chi connectivity index (χ1n) is 11.1. The van der Waals surface area contributed by atoms with Crippen molar-refractivity contribution in [2.45, 2.75) is 58.0 Å². The molecule has 1 N–H and O–H groups in total. The molecule has 0 aliphatic heterocycles. The molecule has 2 amide bonds. The average Bonchev–Trinajstić information content (AvgIpc) is 2.78. The quantitative estimate of drug-likeness (QED) is 0.515. The lowest BCUT2D eigenvalue weighted by Crippen LogP contribution is -2.53. The zero-order chi connectivity index (χ0) is 24.4. The molecule has 0 heterocycles. The Kier molecular flexibility index (Phi) is 10.1. The van der Waals surface area contributed by atoms with Crippen LogP contribution in [0.15, 0.2) is 48.5 Å². The molecule has 0 unspecified atom stereocenters. The Morgan fingerprint density at radius 2 is 1.67 bits per heavy atom. The highest BCUT2D eigenvalue weighted by molar-refractivity contribution is 7.99. The summed E-state index contributed by atoms with van der Waals surface area (Å²) in [6.45, 7) is 8.10. The van der Waals surface area contributed by atoms with E-state index < -0.39 is 6.04 Å². The Hall–Kier alpha value is -2.67. The molecule has 0 saturated carbocycles. The minimum atomic E-state index is -0.551. The van der Waals surface area contributed by atoms with Crippen LogP contribution in [0.25, 0.3) is 0 Å². The minimum absolute atomic E-state index is 0.0627. The molecule has 0 aliphatic rings. The van der Waals surface area contributed by atoms with E-state index in [-0.39, 0.29) is 23.1 Å². The largest absolute Gasteiger partial charge is 0.497 e. The van der Waals surface area contributed by atoms with Gasteiger partial charge in [0, 0.05) is 17.8 Å². The smallest absolute Gasteiger partial charge is 0.243 e. The number of thioether (sulfide) groups is 1. The van der Waals surface area contributed by atoms with Gasteiger partial charge in [-0.05, 0) is 62.6 Å². The first-order valence-corrected chi connectivity index (χ1v) is 12.3. The molecule has 0 saturated heterocycles. The fourth-order valence-electron chi connectivity index (χ4n) is 3.40. The van der Waals surface area contributed by atoms with Crippen molar-refractivity contribution in [3.63, 3.8) is 0 Å². The lowest BCUT2D eigenvalue weighted by atomic mass is 10.1. The first kappa shape index (κ1) is 26.6.